The van der Waals surface area contributed by atoms with Crippen LogP contribution in [0.4, 0.5) is 8.78 Å². The van der Waals surface area contributed by atoms with E-state index in [1.807, 2.05) is 25.1 Å². The Balaban J connectivity index is 2.57. The topological polar surface area (TPSA) is 0 Å². The maximum Gasteiger partial charge on any atom is 0.273 e. The molecule has 16 heavy (non-hydrogen) atoms. The van der Waals surface area contributed by atoms with E-state index in [-0.39, 0.29) is 12.0 Å². The van der Waals surface area contributed by atoms with Gasteiger partial charge in [0.15, 0.2) is 0 Å². The fourth-order valence-corrected chi connectivity index (χ4v) is 1.80. The summed E-state index contributed by atoms with van der Waals surface area (Å²) in [6.45, 7) is 3.49. The van der Waals surface area contributed by atoms with Crippen LogP contribution in [0.25, 0.3) is 10.8 Å². The number of aryl methyl sites for hydroxylation is 1. The maximum atomic E-state index is 13.5. The van der Waals surface area contributed by atoms with Crippen molar-refractivity contribution in [2.75, 3.05) is 0 Å². The van der Waals surface area contributed by atoms with Crippen LogP contribution in [-0.4, -0.2) is 0 Å². The number of alkyl halides is 2. The Hall–Kier alpha value is -1.44. The van der Waals surface area contributed by atoms with E-state index in [0.29, 0.717) is 0 Å². The van der Waals surface area contributed by atoms with Crippen molar-refractivity contribution in [3.05, 3.63) is 47.5 Å². The van der Waals surface area contributed by atoms with Crippen molar-refractivity contribution in [1.82, 2.24) is 0 Å². The molecule has 0 spiro atoms. The van der Waals surface area contributed by atoms with Crippen molar-refractivity contribution < 1.29 is 8.78 Å². The predicted molar refractivity (Wildman–Crippen MR) is 62.9 cm³/mol. The van der Waals surface area contributed by atoms with Crippen LogP contribution in [0.5, 0.6) is 0 Å². The summed E-state index contributed by atoms with van der Waals surface area (Å²) in [6, 6.07) is 10.7. The minimum Gasteiger partial charge on any atom is -0.201 e. The van der Waals surface area contributed by atoms with Crippen molar-refractivity contribution in [1.29, 1.82) is 0 Å². The number of fused-ring (bicyclic) bond motifs is 1. The molecule has 0 bridgehead atoms. The van der Waals surface area contributed by atoms with Gasteiger partial charge in [-0.15, -0.1) is 0 Å². The number of hydrogen-bond acceptors (Lipinski definition) is 0. The third-order valence-electron chi connectivity index (χ3n) is 2.86. The van der Waals surface area contributed by atoms with Crippen molar-refractivity contribution in [3.63, 3.8) is 0 Å². The molecule has 2 aromatic carbocycles. The van der Waals surface area contributed by atoms with Gasteiger partial charge in [-0.05, 0) is 23.8 Å². The molecule has 0 aliphatic carbocycles. The third-order valence-corrected chi connectivity index (χ3v) is 2.86. The van der Waals surface area contributed by atoms with Crippen LogP contribution >= 0.6 is 0 Å². The molecule has 0 atom stereocenters. The molecule has 2 rings (SSSR count). The lowest BCUT2D eigenvalue weighted by molar-refractivity contribution is -0.00815. The Morgan fingerprint density at radius 2 is 1.62 bits per heavy atom. The van der Waals surface area contributed by atoms with Gasteiger partial charge in [-0.3, -0.25) is 0 Å². The van der Waals surface area contributed by atoms with Gasteiger partial charge in [0, 0.05) is 12.0 Å². The molecular formula is C14H14F2. The molecule has 0 nitrogen and oxygen atoms in total. The molecular weight excluding hydrogens is 206 g/mol. The summed E-state index contributed by atoms with van der Waals surface area (Å²) >= 11 is 0. The van der Waals surface area contributed by atoms with Gasteiger partial charge in [-0.25, -0.2) is 8.78 Å². The molecule has 0 aromatic heterocycles. The lowest BCUT2D eigenvalue weighted by Gasteiger charge is -2.15. The summed E-state index contributed by atoms with van der Waals surface area (Å²) in [5.41, 5.74) is 1.24. The highest BCUT2D eigenvalue weighted by Gasteiger charge is 2.28. The Kier molecular flexibility index (Phi) is 2.66. The van der Waals surface area contributed by atoms with Crippen LogP contribution in [0.15, 0.2) is 36.4 Å². The molecule has 0 aliphatic heterocycles. The Morgan fingerprint density at radius 1 is 1.00 bits per heavy atom. The van der Waals surface area contributed by atoms with Crippen LogP contribution in [0.2, 0.25) is 0 Å². The van der Waals surface area contributed by atoms with Gasteiger partial charge in [0.25, 0.3) is 5.92 Å². The maximum absolute atomic E-state index is 13.5. The second kappa shape index (κ2) is 3.85. The van der Waals surface area contributed by atoms with Gasteiger partial charge >= 0.3 is 0 Å². The number of benzene rings is 2. The van der Waals surface area contributed by atoms with Crippen molar-refractivity contribution in [3.8, 4) is 0 Å². The summed E-state index contributed by atoms with van der Waals surface area (Å²) in [5.74, 6) is -2.72. The molecule has 84 valence electrons. The Labute approximate surface area is 93.9 Å². The quantitative estimate of drug-likeness (QED) is 0.691. The zero-order valence-electron chi connectivity index (χ0n) is 9.43. The largest absolute Gasteiger partial charge is 0.273 e. The SMILES string of the molecule is CCC(F)(F)c1ccc2cc(C)ccc2c1. The van der Waals surface area contributed by atoms with Gasteiger partial charge in [-0.1, -0.05) is 42.8 Å². The van der Waals surface area contributed by atoms with Gasteiger partial charge in [0.05, 0.1) is 0 Å². The average molecular weight is 220 g/mol. The average Bonchev–Trinajstić information content (AvgIpc) is 2.28. The Morgan fingerprint density at radius 3 is 2.31 bits per heavy atom. The van der Waals surface area contributed by atoms with Gasteiger partial charge in [0.2, 0.25) is 0 Å². The molecule has 0 heterocycles. The minimum absolute atomic E-state index is 0.103. The van der Waals surface area contributed by atoms with E-state index in [2.05, 4.69) is 0 Å². The van der Waals surface area contributed by atoms with Crippen molar-refractivity contribution in [2.24, 2.45) is 0 Å². The first-order chi connectivity index (χ1) is 7.53. The third kappa shape index (κ3) is 1.92. The van der Waals surface area contributed by atoms with E-state index in [4.69, 9.17) is 0 Å². The molecule has 0 saturated carbocycles. The van der Waals surface area contributed by atoms with E-state index < -0.39 is 5.92 Å². The highest BCUT2D eigenvalue weighted by atomic mass is 19.3. The van der Waals surface area contributed by atoms with Crippen LogP contribution in [0.1, 0.15) is 24.5 Å². The van der Waals surface area contributed by atoms with Crippen LogP contribution in [0.3, 0.4) is 0 Å². The van der Waals surface area contributed by atoms with E-state index in [1.54, 1.807) is 12.1 Å². The minimum atomic E-state index is -2.72. The first-order valence-electron chi connectivity index (χ1n) is 5.41. The highest BCUT2D eigenvalue weighted by Crippen LogP contribution is 2.33. The van der Waals surface area contributed by atoms with Crippen molar-refractivity contribution >= 4 is 10.8 Å². The van der Waals surface area contributed by atoms with E-state index in [1.165, 1.54) is 13.0 Å². The fraction of sp³-hybridized carbons (Fsp3) is 0.286. The predicted octanol–water partition coefficient (Wildman–Crippen LogP) is 4.65. The van der Waals surface area contributed by atoms with Gasteiger partial charge in [-0.2, -0.15) is 0 Å². The molecule has 0 saturated heterocycles. The number of rotatable bonds is 2. The zero-order valence-corrected chi connectivity index (χ0v) is 9.43. The lowest BCUT2D eigenvalue weighted by atomic mass is 10.0. The summed E-state index contributed by atoms with van der Waals surface area (Å²) in [7, 11) is 0. The van der Waals surface area contributed by atoms with E-state index >= 15 is 0 Å². The first kappa shape index (κ1) is 11.1. The number of halogens is 2. The molecule has 0 unspecified atom stereocenters. The first-order valence-corrected chi connectivity index (χ1v) is 5.41. The lowest BCUT2D eigenvalue weighted by Crippen LogP contribution is -2.10. The standard InChI is InChI=1S/C14H14F2/c1-3-14(15,16)13-7-6-11-8-10(2)4-5-12(11)9-13/h4-9H,3H2,1-2H3. The van der Waals surface area contributed by atoms with Crippen LogP contribution < -0.4 is 0 Å². The molecule has 0 radical (unpaired) electrons. The van der Waals surface area contributed by atoms with Gasteiger partial charge in [0.1, 0.15) is 0 Å². The van der Waals surface area contributed by atoms with Gasteiger partial charge < -0.3 is 0 Å². The summed E-state index contributed by atoms with van der Waals surface area (Å²) in [6.07, 6.45) is -0.162. The Bertz CT molecular complexity index is 515. The second-order valence-corrected chi connectivity index (χ2v) is 4.12. The smallest absolute Gasteiger partial charge is 0.201 e. The summed E-state index contributed by atoms with van der Waals surface area (Å²) < 4.78 is 27.0. The molecule has 0 amide bonds. The normalized spacial score (nSPS) is 12.0. The summed E-state index contributed by atoms with van der Waals surface area (Å²) in [4.78, 5) is 0. The molecule has 0 aliphatic rings. The number of hydrogen-bond donors (Lipinski definition) is 0. The second-order valence-electron chi connectivity index (χ2n) is 4.12. The molecule has 2 aromatic rings. The highest BCUT2D eigenvalue weighted by molar-refractivity contribution is 5.83. The van der Waals surface area contributed by atoms with Crippen LogP contribution in [-0.2, 0) is 5.92 Å². The van der Waals surface area contributed by atoms with E-state index in [9.17, 15) is 8.78 Å². The zero-order chi connectivity index (χ0) is 11.8. The molecule has 0 N–H and O–H groups in total. The van der Waals surface area contributed by atoms with Crippen molar-refractivity contribution in [2.45, 2.75) is 26.2 Å². The molecule has 2 heteroatoms. The van der Waals surface area contributed by atoms with Crippen LogP contribution in [0, 0.1) is 6.92 Å². The van der Waals surface area contributed by atoms with E-state index in [0.717, 1.165) is 16.3 Å². The fourth-order valence-electron chi connectivity index (χ4n) is 1.80. The monoisotopic (exact) mass is 220 g/mol. The molecule has 0 fully saturated rings. The summed E-state index contributed by atoms with van der Waals surface area (Å²) in [5, 5.41) is 1.88.